The van der Waals surface area contributed by atoms with Gasteiger partial charge in [-0.1, -0.05) is 24.3 Å². The van der Waals surface area contributed by atoms with Gasteiger partial charge in [0, 0.05) is 48.1 Å². The molecule has 0 bridgehead atoms. The number of hydrogen-bond acceptors (Lipinski definition) is 3. The summed E-state index contributed by atoms with van der Waals surface area (Å²) in [5.74, 6) is -0.199. The number of nitrogens with one attached hydrogen (secondary N) is 2. The van der Waals surface area contributed by atoms with Gasteiger partial charge in [-0.2, -0.15) is 0 Å². The molecule has 6 nitrogen and oxygen atoms in total. The lowest BCUT2D eigenvalue weighted by Crippen LogP contribution is -2.37. The van der Waals surface area contributed by atoms with E-state index in [0.29, 0.717) is 0 Å². The Balaban J connectivity index is 1.30. The summed E-state index contributed by atoms with van der Waals surface area (Å²) in [6.45, 7) is 6.23. The molecule has 1 aliphatic heterocycles. The molecule has 1 fully saturated rings. The van der Waals surface area contributed by atoms with E-state index < -0.39 is 0 Å². The Kier molecular flexibility index (Phi) is 6.26. The van der Waals surface area contributed by atoms with Crippen LogP contribution in [0.4, 0.5) is 11.4 Å². The molecule has 2 amide bonds. The van der Waals surface area contributed by atoms with Crippen molar-refractivity contribution in [2.24, 2.45) is 0 Å². The number of carbonyl (C=O) groups excluding carboxylic acids is 2. The van der Waals surface area contributed by atoms with Crippen LogP contribution in [0, 0.1) is 6.92 Å². The highest BCUT2D eigenvalue weighted by Crippen LogP contribution is 2.23. The van der Waals surface area contributed by atoms with Crippen LogP contribution in [0.15, 0.2) is 54.6 Å². The molecule has 0 aliphatic carbocycles. The Bertz CT molecular complexity index is 1080. The maximum Gasteiger partial charge on any atom is 0.240 e. The van der Waals surface area contributed by atoms with E-state index in [0.717, 1.165) is 41.1 Å². The van der Waals surface area contributed by atoms with Gasteiger partial charge in [0.15, 0.2) is 0 Å². The fourth-order valence-electron chi connectivity index (χ4n) is 4.32. The first-order chi connectivity index (χ1) is 15.0. The van der Waals surface area contributed by atoms with Gasteiger partial charge in [0.1, 0.15) is 6.54 Å². The molecule has 3 aromatic rings. The van der Waals surface area contributed by atoms with Crippen molar-refractivity contribution in [1.29, 1.82) is 0 Å². The number of hydrogen-bond donors (Lipinski definition) is 2. The number of nitrogens with zero attached hydrogens (tertiary/aromatic N) is 2. The van der Waals surface area contributed by atoms with Crippen molar-refractivity contribution in [3.05, 3.63) is 60.3 Å². The first-order valence-corrected chi connectivity index (χ1v) is 11.0. The van der Waals surface area contributed by atoms with Crippen LogP contribution >= 0.6 is 0 Å². The van der Waals surface area contributed by atoms with Crippen molar-refractivity contribution in [3.63, 3.8) is 0 Å². The molecule has 1 aliphatic rings. The number of amides is 2. The molecule has 6 heteroatoms. The second-order valence-electron chi connectivity index (χ2n) is 8.40. The zero-order valence-corrected chi connectivity index (χ0v) is 18.2. The fraction of sp³-hybridized carbons (Fsp3) is 0.360. The number of carbonyl (C=O) groups is 2. The number of aromatic nitrogens is 1. The molecule has 1 aromatic heterocycles. The molecule has 0 radical (unpaired) electrons. The summed E-state index contributed by atoms with van der Waals surface area (Å²) in [6.07, 6.45) is 2.66. The van der Waals surface area contributed by atoms with Crippen LogP contribution in [0.3, 0.4) is 0 Å². The normalized spacial score (nSPS) is 14.6. The van der Waals surface area contributed by atoms with E-state index in [9.17, 15) is 9.59 Å². The lowest BCUT2D eigenvalue weighted by Gasteiger charge is -2.19. The summed E-state index contributed by atoms with van der Waals surface area (Å²) in [4.78, 5) is 27.4. The monoisotopic (exact) mass is 418 g/mol. The van der Waals surface area contributed by atoms with Crippen LogP contribution in [-0.2, 0) is 16.1 Å². The van der Waals surface area contributed by atoms with E-state index in [-0.39, 0.29) is 30.8 Å². The smallest absolute Gasteiger partial charge is 0.240 e. The van der Waals surface area contributed by atoms with E-state index in [1.165, 1.54) is 12.8 Å². The molecular weight excluding hydrogens is 388 g/mol. The number of aryl methyl sites for hydroxylation is 1. The number of benzene rings is 2. The molecule has 1 atom stereocenters. The lowest BCUT2D eigenvalue weighted by atomic mass is 10.2. The SMILES string of the molecule is Cc1cc2ccccc2n1CC(=O)NC(C)CC(=O)Nc1cccc(N2CCCC2)c1. The van der Waals surface area contributed by atoms with E-state index in [2.05, 4.69) is 27.7 Å². The highest BCUT2D eigenvalue weighted by molar-refractivity contribution is 5.92. The van der Waals surface area contributed by atoms with Crippen LogP contribution in [0.25, 0.3) is 10.9 Å². The highest BCUT2D eigenvalue weighted by atomic mass is 16.2. The summed E-state index contributed by atoms with van der Waals surface area (Å²) < 4.78 is 2.00. The molecule has 0 spiro atoms. The number of anilines is 2. The van der Waals surface area contributed by atoms with Crippen molar-refractivity contribution < 1.29 is 9.59 Å². The summed E-state index contributed by atoms with van der Waals surface area (Å²) in [5.41, 5.74) is 4.02. The lowest BCUT2D eigenvalue weighted by molar-refractivity contribution is -0.122. The van der Waals surface area contributed by atoms with Crippen molar-refractivity contribution in [3.8, 4) is 0 Å². The molecular formula is C25H30N4O2. The molecule has 31 heavy (non-hydrogen) atoms. The fourth-order valence-corrected chi connectivity index (χ4v) is 4.32. The summed E-state index contributed by atoms with van der Waals surface area (Å²) in [6, 6.07) is 17.8. The maximum atomic E-state index is 12.6. The van der Waals surface area contributed by atoms with Crippen molar-refractivity contribution in [1.82, 2.24) is 9.88 Å². The molecule has 1 unspecified atom stereocenters. The quantitative estimate of drug-likeness (QED) is 0.608. The highest BCUT2D eigenvalue weighted by Gasteiger charge is 2.16. The van der Waals surface area contributed by atoms with Crippen molar-refractivity contribution in [2.45, 2.75) is 45.7 Å². The molecule has 2 heterocycles. The average Bonchev–Trinajstić information content (AvgIpc) is 3.37. The molecule has 162 valence electrons. The third-order valence-corrected chi connectivity index (χ3v) is 5.82. The minimum atomic E-state index is -0.253. The Hall–Kier alpha value is -3.28. The first kappa shape index (κ1) is 21.0. The molecule has 2 N–H and O–H groups in total. The van der Waals surface area contributed by atoms with Crippen LogP contribution < -0.4 is 15.5 Å². The zero-order chi connectivity index (χ0) is 21.8. The van der Waals surface area contributed by atoms with Gasteiger partial charge in [0.2, 0.25) is 11.8 Å². The molecule has 2 aromatic carbocycles. The van der Waals surface area contributed by atoms with Crippen LogP contribution in [-0.4, -0.2) is 35.5 Å². The van der Waals surface area contributed by atoms with E-state index in [1.54, 1.807) is 0 Å². The number of rotatable bonds is 7. The van der Waals surface area contributed by atoms with Gasteiger partial charge in [-0.3, -0.25) is 9.59 Å². The maximum absolute atomic E-state index is 12.6. The topological polar surface area (TPSA) is 66.4 Å². The third-order valence-electron chi connectivity index (χ3n) is 5.82. The van der Waals surface area contributed by atoms with Gasteiger partial charge >= 0.3 is 0 Å². The molecule has 4 rings (SSSR count). The molecule has 0 saturated carbocycles. The van der Waals surface area contributed by atoms with Crippen molar-refractivity contribution >= 4 is 34.1 Å². The molecule has 1 saturated heterocycles. The van der Waals surface area contributed by atoms with Gasteiger partial charge in [-0.15, -0.1) is 0 Å². The first-order valence-electron chi connectivity index (χ1n) is 11.0. The van der Waals surface area contributed by atoms with Crippen LogP contribution in [0.5, 0.6) is 0 Å². The Morgan fingerprint density at radius 2 is 1.77 bits per heavy atom. The minimum absolute atomic E-state index is 0.0965. The second kappa shape index (κ2) is 9.25. The van der Waals surface area contributed by atoms with E-state index in [4.69, 9.17) is 0 Å². The zero-order valence-electron chi connectivity index (χ0n) is 18.2. The van der Waals surface area contributed by atoms with Gasteiger partial charge in [0.05, 0.1) is 0 Å². The second-order valence-corrected chi connectivity index (χ2v) is 8.40. The number of fused-ring (bicyclic) bond motifs is 1. The summed E-state index contributed by atoms with van der Waals surface area (Å²) in [5, 5.41) is 7.04. The van der Waals surface area contributed by atoms with E-state index >= 15 is 0 Å². The third kappa shape index (κ3) is 5.08. The van der Waals surface area contributed by atoms with Crippen LogP contribution in [0.1, 0.15) is 31.9 Å². The largest absolute Gasteiger partial charge is 0.371 e. The van der Waals surface area contributed by atoms with Gasteiger partial charge < -0.3 is 20.1 Å². The van der Waals surface area contributed by atoms with Gasteiger partial charge in [0.25, 0.3) is 0 Å². The Morgan fingerprint density at radius 1 is 1.00 bits per heavy atom. The minimum Gasteiger partial charge on any atom is -0.371 e. The van der Waals surface area contributed by atoms with E-state index in [1.807, 2.05) is 60.9 Å². The summed E-state index contributed by atoms with van der Waals surface area (Å²) >= 11 is 0. The van der Waals surface area contributed by atoms with Gasteiger partial charge in [-0.25, -0.2) is 0 Å². The van der Waals surface area contributed by atoms with Gasteiger partial charge in [-0.05, 0) is 62.4 Å². The van der Waals surface area contributed by atoms with Crippen LogP contribution in [0.2, 0.25) is 0 Å². The Morgan fingerprint density at radius 3 is 2.58 bits per heavy atom. The number of para-hydroxylation sites is 1. The Labute approximate surface area is 183 Å². The average molecular weight is 419 g/mol. The standard InChI is InChI=1S/C25H30N4O2/c1-18(26-25(31)17-29-19(2)15-20-8-3-4-11-23(20)29)14-24(30)27-21-9-7-10-22(16-21)28-12-5-6-13-28/h3-4,7-11,15-16,18H,5-6,12-14,17H2,1-2H3,(H,26,31)(H,27,30). The predicted octanol–water partition coefficient (Wildman–Crippen LogP) is 4.08. The summed E-state index contributed by atoms with van der Waals surface area (Å²) in [7, 11) is 0. The van der Waals surface area contributed by atoms with Crippen molar-refractivity contribution in [2.75, 3.05) is 23.3 Å². The predicted molar refractivity (Wildman–Crippen MR) is 125 cm³/mol.